The Labute approximate surface area is 162 Å². The van der Waals surface area contributed by atoms with Crippen LogP contribution in [0.4, 0.5) is 10.5 Å². The number of sulfone groups is 1. The quantitative estimate of drug-likeness (QED) is 0.831. The Morgan fingerprint density at radius 1 is 1.21 bits per heavy atom. The molecule has 1 saturated heterocycles. The van der Waals surface area contributed by atoms with Gasteiger partial charge in [0.2, 0.25) is 5.91 Å². The monoisotopic (exact) mass is 401 g/mol. The number of ether oxygens (including phenoxy) is 1. The predicted molar refractivity (Wildman–Crippen MR) is 102 cm³/mol. The number of carbonyl (C=O) groups is 2. The predicted octanol–water partition coefficient (Wildman–Crippen LogP) is 1.32. The Morgan fingerprint density at radius 3 is 2.57 bits per heavy atom. The molecule has 2 aliphatic rings. The van der Waals surface area contributed by atoms with Crippen LogP contribution >= 0.6 is 0 Å². The number of carbonyl (C=O) groups excluding carboxylic acids is 2. The van der Waals surface area contributed by atoms with Crippen molar-refractivity contribution in [2.24, 2.45) is 5.73 Å². The average Bonchev–Trinajstić information content (AvgIpc) is 2.96. The maximum absolute atomic E-state index is 13.0. The zero-order valence-electron chi connectivity index (χ0n) is 15.1. The molecular weight excluding hydrogens is 382 g/mol. The number of hydrogen-bond acceptors (Lipinski definition) is 5. The lowest BCUT2D eigenvalue weighted by molar-refractivity contribution is -0.118. The zero-order valence-corrected chi connectivity index (χ0v) is 15.9. The van der Waals surface area contributed by atoms with Crippen LogP contribution in [-0.4, -0.2) is 50.6 Å². The maximum atomic E-state index is 13.0. The fourth-order valence-electron chi connectivity index (χ4n) is 3.68. The molecule has 1 fully saturated rings. The van der Waals surface area contributed by atoms with Gasteiger partial charge < -0.3 is 15.4 Å². The molecule has 2 aliphatic heterocycles. The zero-order chi connectivity index (χ0) is 20.1. The normalized spacial score (nSPS) is 21.1. The smallest absolute Gasteiger partial charge is 0.325 e. The van der Waals surface area contributed by atoms with Crippen LogP contribution in [0, 0.1) is 0 Å². The molecule has 146 valence electrons. The van der Waals surface area contributed by atoms with Crippen molar-refractivity contribution in [3.05, 3.63) is 54.1 Å². The molecule has 4 rings (SSSR count). The highest BCUT2D eigenvalue weighted by atomic mass is 32.2. The van der Waals surface area contributed by atoms with E-state index in [-0.39, 0.29) is 18.0 Å². The summed E-state index contributed by atoms with van der Waals surface area (Å²) in [6.45, 7) is 0.0261. The number of rotatable bonds is 4. The molecule has 2 aromatic carbocycles. The van der Waals surface area contributed by atoms with E-state index in [1.54, 1.807) is 6.07 Å². The number of benzene rings is 2. The number of hydrogen-bond donors (Lipinski definition) is 1. The van der Waals surface area contributed by atoms with Gasteiger partial charge in [0.25, 0.3) is 0 Å². The molecule has 2 atom stereocenters. The summed E-state index contributed by atoms with van der Waals surface area (Å²) in [5, 5.41) is 0. The van der Waals surface area contributed by atoms with Gasteiger partial charge in [-0.1, -0.05) is 30.3 Å². The van der Waals surface area contributed by atoms with Crippen molar-refractivity contribution >= 4 is 27.5 Å². The van der Waals surface area contributed by atoms with Gasteiger partial charge in [0.05, 0.1) is 16.6 Å². The standard InChI is InChI=1S/C19H19N3O5S/c1-28(25,26)13-7-8-16-14(9-13)22-15(10-21(19(22)24)11-17(20)23)18(27-16)12-5-3-2-4-6-12/h2-9,15,18H,10-11H2,1H3,(H2,20,23). The molecule has 2 N–H and O–H groups in total. The molecular formula is C19H19N3O5S. The molecule has 9 heteroatoms. The molecule has 8 nitrogen and oxygen atoms in total. The summed E-state index contributed by atoms with van der Waals surface area (Å²) in [7, 11) is -3.46. The van der Waals surface area contributed by atoms with Crippen molar-refractivity contribution < 1.29 is 22.7 Å². The number of primary amides is 1. The highest BCUT2D eigenvalue weighted by Crippen LogP contribution is 2.45. The molecule has 0 spiro atoms. The number of fused-ring (bicyclic) bond motifs is 3. The number of nitrogens with zero attached hydrogens (tertiary/aromatic N) is 2. The summed E-state index contributed by atoms with van der Waals surface area (Å²) in [6.07, 6.45) is 0.646. The largest absolute Gasteiger partial charge is 0.481 e. The summed E-state index contributed by atoms with van der Waals surface area (Å²) in [5.41, 5.74) is 6.53. The van der Waals surface area contributed by atoms with Gasteiger partial charge in [0.15, 0.2) is 9.84 Å². The Bertz CT molecular complexity index is 1050. The van der Waals surface area contributed by atoms with Crippen molar-refractivity contribution in [1.29, 1.82) is 0 Å². The molecule has 2 aromatic rings. The summed E-state index contributed by atoms with van der Waals surface area (Å²) >= 11 is 0. The van der Waals surface area contributed by atoms with Gasteiger partial charge >= 0.3 is 6.03 Å². The van der Waals surface area contributed by atoms with Crippen LogP contribution in [0.15, 0.2) is 53.4 Å². The van der Waals surface area contributed by atoms with E-state index in [0.717, 1.165) is 11.8 Å². The van der Waals surface area contributed by atoms with E-state index in [4.69, 9.17) is 10.5 Å². The highest BCUT2D eigenvalue weighted by Gasteiger charge is 2.48. The second-order valence-corrected chi connectivity index (χ2v) is 8.93. The van der Waals surface area contributed by atoms with E-state index >= 15 is 0 Å². The Morgan fingerprint density at radius 2 is 1.93 bits per heavy atom. The second-order valence-electron chi connectivity index (χ2n) is 6.92. The minimum Gasteiger partial charge on any atom is -0.481 e. The number of amides is 3. The molecule has 0 saturated carbocycles. The molecule has 0 bridgehead atoms. The van der Waals surface area contributed by atoms with Crippen LogP contribution in [0.25, 0.3) is 0 Å². The lowest BCUT2D eigenvalue weighted by Crippen LogP contribution is -2.44. The topological polar surface area (TPSA) is 110 Å². The van der Waals surface area contributed by atoms with Gasteiger partial charge in [0, 0.05) is 12.8 Å². The van der Waals surface area contributed by atoms with Crippen LogP contribution in [0.3, 0.4) is 0 Å². The second kappa shape index (κ2) is 6.52. The SMILES string of the molecule is CS(=O)(=O)c1ccc2c(c1)N1C(=O)N(CC(N)=O)CC1C(c1ccccc1)O2. The van der Waals surface area contributed by atoms with Crippen molar-refractivity contribution in [3.8, 4) is 5.75 Å². The first kappa shape index (κ1) is 18.3. The van der Waals surface area contributed by atoms with Gasteiger partial charge in [0.1, 0.15) is 18.4 Å². The van der Waals surface area contributed by atoms with Gasteiger partial charge in [-0.3, -0.25) is 9.69 Å². The maximum Gasteiger partial charge on any atom is 0.325 e. The van der Waals surface area contributed by atoms with Gasteiger partial charge in [-0.2, -0.15) is 0 Å². The van der Waals surface area contributed by atoms with E-state index in [9.17, 15) is 18.0 Å². The minimum atomic E-state index is -3.46. The third-order valence-electron chi connectivity index (χ3n) is 4.91. The highest BCUT2D eigenvalue weighted by molar-refractivity contribution is 7.90. The van der Waals surface area contributed by atoms with E-state index in [0.29, 0.717) is 11.4 Å². The molecule has 0 aromatic heterocycles. The lowest BCUT2D eigenvalue weighted by Gasteiger charge is -2.37. The summed E-state index contributed by atoms with van der Waals surface area (Å²) in [4.78, 5) is 27.4. The first-order chi connectivity index (χ1) is 13.3. The van der Waals surface area contributed by atoms with Crippen molar-refractivity contribution in [1.82, 2.24) is 4.90 Å². The number of urea groups is 1. The molecule has 0 aliphatic carbocycles. The summed E-state index contributed by atoms with van der Waals surface area (Å²) in [6, 6.07) is 13.1. The summed E-state index contributed by atoms with van der Waals surface area (Å²) < 4.78 is 30.1. The molecule has 2 heterocycles. The van der Waals surface area contributed by atoms with Crippen LogP contribution in [0.5, 0.6) is 5.75 Å². The first-order valence-electron chi connectivity index (χ1n) is 8.68. The third-order valence-corrected chi connectivity index (χ3v) is 6.02. The van der Waals surface area contributed by atoms with E-state index in [2.05, 4.69) is 0 Å². The first-order valence-corrected chi connectivity index (χ1v) is 10.6. The summed E-state index contributed by atoms with van der Waals surface area (Å²) in [5.74, 6) is -0.206. The van der Waals surface area contributed by atoms with Crippen LogP contribution in [-0.2, 0) is 14.6 Å². The van der Waals surface area contributed by atoms with E-state index in [1.807, 2.05) is 30.3 Å². The molecule has 3 amide bonds. The number of nitrogens with two attached hydrogens (primary N) is 1. The third kappa shape index (κ3) is 3.07. The molecule has 28 heavy (non-hydrogen) atoms. The van der Waals surface area contributed by atoms with Gasteiger partial charge in [-0.25, -0.2) is 13.2 Å². The fourth-order valence-corrected chi connectivity index (χ4v) is 4.32. The van der Waals surface area contributed by atoms with Crippen molar-refractivity contribution in [2.45, 2.75) is 17.0 Å². The lowest BCUT2D eigenvalue weighted by atomic mass is 9.99. The Hall–Kier alpha value is -3.07. The van der Waals surface area contributed by atoms with Crippen LogP contribution in [0.1, 0.15) is 11.7 Å². The Kier molecular flexibility index (Phi) is 4.26. The van der Waals surface area contributed by atoms with E-state index < -0.39 is 33.9 Å². The van der Waals surface area contributed by atoms with Crippen molar-refractivity contribution in [3.63, 3.8) is 0 Å². The van der Waals surface area contributed by atoms with Crippen LogP contribution in [0.2, 0.25) is 0 Å². The minimum absolute atomic E-state index is 0.0907. The van der Waals surface area contributed by atoms with Gasteiger partial charge in [-0.05, 0) is 23.8 Å². The average molecular weight is 401 g/mol. The van der Waals surface area contributed by atoms with E-state index in [1.165, 1.54) is 21.9 Å². The van der Waals surface area contributed by atoms with Crippen LogP contribution < -0.4 is 15.4 Å². The fraction of sp³-hybridized carbons (Fsp3) is 0.263. The number of anilines is 1. The molecule has 2 unspecified atom stereocenters. The van der Waals surface area contributed by atoms with Crippen molar-refractivity contribution in [2.75, 3.05) is 24.2 Å². The van der Waals surface area contributed by atoms with Gasteiger partial charge in [-0.15, -0.1) is 0 Å². The molecule has 0 radical (unpaired) electrons. The Balaban J connectivity index is 1.83.